The summed E-state index contributed by atoms with van der Waals surface area (Å²) in [5.74, 6) is 0.720. The number of amides is 1. The summed E-state index contributed by atoms with van der Waals surface area (Å²) >= 11 is 0. The van der Waals surface area contributed by atoms with Crippen molar-refractivity contribution in [1.82, 2.24) is 10.2 Å². The highest BCUT2D eigenvalue weighted by atomic mass is 16.3. The second-order valence-corrected chi connectivity index (χ2v) is 3.80. The van der Waals surface area contributed by atoms with E-state index in [-0.39, 0.29) is 12.5 Å². The molecule has 1 aromatic heterocycles. The van der Waals surface area contributed by atoms with Crippen LogP contribution in [0.1, 0.15) is 19.1 Å². The summed E-state index contributed by atoms with van der Waals surface area (Å²) in [6, 6.07) is 3.62. The third-order valence-electron chi connectivity index (χ3n) is 2.49. The standard InChI is InChI=1S/C12H20N2O3/c1-2-14(6-4-7-15)10-12(16)13-9-11-5-3-8-17-11/h3,5,8,15H,2,4,6-7,9-10H2,1H3,(H,13,16). The van der Waals surface area contributed by atoms with E-state index >= 15 is 0 Å². The molecule has 1 rings (SSSR count). The summed E-state index contributed by atoms with van der Waals surface area (Å²) in [7, 11) is 0. The Bertz CT molecular complexity index is 312. The van der Waals surface area contributed by atoms with Crippen LogP contribution in [0.5, 0.6) is 0 Å². The van der Waals surface area contributed by atoms with Gasteiger partial charge in [0.05, 0.1) is 19.4 Å². The first-order valence-electron chi connectivity index (χ1n) is 5.88. The van der Waals surface area contributed by atoms with Gasteiger partial charge in [0.25, 0.3) is 0 Å². The van der Waals surface area contributed by atoms with E-state index in [0.717, 1.165) is 18.8 Å². The Hall–Kier alpha value is -1.33. The maximum Gasteiger partial charge on any atom is 0.234 e. The molecule has 0 aliphatic carbocycles. The van der Waals surface area contributed by atoms with Gasteiger partial charge in [-0.1, -0.05) is 6.92 Å². The van der Waals surface area contributed by atoms with Crippen LogP contribution >= 0.6 is 0 Å². The zero-order chi connectivity index (χ0) is 12.5. The molecule has 96 valence electrons. The summed E-state index contributed by atoms with van der Waals surface area (Å²) < 4.78 is 5.12. The van der Waals surface area contributed by atoms with Gasteiger partial charge >= 0.3 is 0 Å². The van der Waals surface area contributed by atoms with E-state index in [1.54, 1.807) is 12.3 Å². The minimum atomic E-state index is -0.0267. The lowest BCUT2D eigenvalue weighted by atomic mass is 10.3. The van der Waals surface area contributed by atoms with Crippen molar-refractivity contribution >= 4 is 5.91 Å². The molecule has 5 nitrogen and oxygen atoms in total. The van der Waals surface area contributed by atoms with Crippen molar-refractivity contribution in [3.8, 4) is 0 Å². The maximum absolute atomic E-state index is 11.6. The average molecular weight is 240 g/mol. The molecule has 0 radical (unpaired) electrons. The van der Waals surface area contributed by atoms with E-state index < -0.39 is 0 Å². The number of carbonyl (C=O) groups is 1. The zero-order valence-corrected chi connectivity index (χ0v) is 10.2. The van der Waals surface area contributed by atoms with Crippen LogP contribution in [-0.2, 0) is 11.3 Å². The lowest BCUT2D eigenvalue weighted by Crippen LogP contribution is -2.37. The Morgan fingerprint density at radius 2 is 2.41 bits per heavy atom. The Morgan fingerprint density at radius 1 is 1.59 bits per heavy atom. The second kappa shape index (κ2) is 7.86. The van der Waals surface area contributed by atoms with E-state index in [4.69, 9.17) is 9.52 Å². The molecule has 0 fully saturated rings. The molecule has 1 amide bonds. The number of furan rings is 1. The van der Waals surface area contributed by atoms with Gasteiger partial charge in [0.1, 0.15) is 5.76 Å². The number of nitrogens with one attached hydrogen (secondary N) is 1. The predicted molar refractivity (Wildman–Crippen MR) is 64.4 cm³/mol. The summed E-state index contributed by atoms with van der Waals surface area (Å²) in [6.07, 6.45) is 2.28. The minimum Gasteiger partial charge on any atom is -0.467 e. The number of carbonyl (C=O) groups excluding carboxylic acids is 1. The Morgan fingerprint density at radius 3 is 3.00 bits per heavy atom. The van der Waals surface area contributed by atoms with Gasteiger partial charge in [0, 0.05) is 13.2 Å². The fourth-order valence-electron chi connectivity index (χ4n) is 1.50. The van der Waals surface area contributed by atoms with Crippen LogP contribution in [0.15, 0.2) is 22.8 Å². The van der Waals surface area contributed by atoms with Crippen LogP contribution in [0.3, 0.4) is 0 Å². The molecule has 0 saturated carbocycles. The molecule has 5 heteroatoms. The van der Waals surface area contributed by atoms with Crippen molar-refractivity contribution in [2.75, 3.05) is 26.2 Å². The van der Waals surface area contributed by atoms with E-state index in [0.29, 0.717) is 19.5 Å². The highest BCUT2D eigenvalue weighted by Gasteiger charge is 2.08. The molecule has 0 aromatic carbocycles. The van der Waals surface area contributed by atoms with E-state index in [1.807, 2.05) is 17.9 Å². The summed E-state index contributed by atoms with van der Waals surface area (Å²) in [6.45, 7) is 4.47. The molecule has 17 heavy (non-hydrogen) atoms. The molecule has 0 bridgehead atoms. The van der Waals surface area contributed by atoms with Crippen molar-refractivity contribution in [3.63, 3.8) is 0 Å². The topological polar surface area (TPSA) is 65.7 Å². The summed E-state index contributed by atoms with van der Waals surface area (Å²) in [4.78, 5) is 13.6. The highest BCUT2D eigenvalue weighted by Crippen LogP contribution is 1.98. The molecule has 0 spiro atoms. The number of hydrogen-bond donors (Lipinski definition) is 2. The smallest absolute Gasteiger partial charge is 0.234 e. The van der Waals surface area contributed by atoms with Crippen LogP contribution in [-0.4, -0.2) is 42.2 Å². The molecule has 1 heterocycles. The summed E-state index contributed by atoms with van der Waals surface area (Å²) in [5, 5.41) is 11.5. The van der Waals surface area contributed by atoms with Crippen LogP contribution in [0.4, 0.5) is 0 Å². The van der Waals surface area contributed by atoms with Crippen LogP contribution in [0.2, 0.25) is 0 Å². The number of aliphatic hydroxyl groups is 1. The maximum atomic E-state index is 11.6. The van der Waals surface area contributed by atoms with Gasteiger partial charge in [-0.25, -0.2) is 0 Å². The summed E-state index contributed by atoms with van der Waals surface area (Å²) in [5.41, 5.74) is 0. The predicted octanol–water partition coefficient (Wildman–Crippen LogP) is 0.600. The first-order valence-corrected chi connectivity index (χ1v) is 5.88. The highest BCUT2D eigenvalue weighted by molar-refractivity contribution is 5.77. The van der Waals surface area contributed by atoms with Crippen molar-refractivity contribution in [3.05, 3.63) is 24.2 Å². The third-order valence-corrected chi connectivity index (χ3v) is 2.49. The van der Waals surface area contributed by atoms with Gasteiger partial charge in [0.15, 0.2) is 0 Å². The monoisotopic (exact) mass is 240 g/mol. The normalized spacial score (nSPS) is 10.8. The van der Waals surface area contributed by atoms with Crippen LogP contribution in [0.25, 0.3) is 0 Å². The minimum absolute atomic E-state index is 0.0267. The molecule has 2 N–H and O–H groups in total. The molecular formula is C12H20N2O3. The van der Waals surface area contributed by atoms with Gasteiger partial charge < -0.3 is 14.8 Å². The van der Waals surface area contributed by atoms with Gasteiger partial charge in [-0.15, -0.1) is 0 Å². The number of aliphatic hydroxyl groups excluding tert-OH is 1. The van der Waals surface area contributed by atoms with E-state index in [9.17, 15) is 4.79 Å². The fourth-order valence-corrected chi connectivity index (χ4v) is 1.50. The van der Waals surface area contributed by atoms with Crippen molar-refractivity contribution in [1.29, 1.82) is 0 Å². The van der Waals surface area contributed by atoms with Gasteiger partial charge in [0.2, 0.25) is 5.91 Å². The van der Waals surface area contributed by atoms with Gasteiger partial charge in [-0.05, 0) is 25.1 Å². The van der Waals surface area contributed by atoms with Crippen LogP contribution in [0, 0.1) is 0 Å². The Balaban J connectivity index is 2.22. The lowest BCUT2D eigenvalue weighted by molar-refractivity contribution is -0.122. The molecule has 0 aliphatic heterocycles. The first kappa shape index (κ1) is 13.7. The molecule has 0 unspecified atom stereocenters. The van der Waals surface area contributed by atoms with E-state index in [1.165, 1.54) is 0 Å². The molecule has 0 atom stereocenters. The molecule has 1 aromatic rings. The largest absolute Gasteiger partial charge is 0.467 e. The van der Waals surface area contributed by atoms with E-state index in [2.05, 4.69) is 5.32 Å². The van der Waals surface area contributed by atoms with Crippen molar-refractivity contribution in [2.45, 2.75) is 19.9 Å². The lowest BCUT2D eigenvalue weighted by Gasteiger charge is -2.18. The number of likely N-dealkylation sites (N-methyl/N-ethyl adjacent to an activating group) is 1. The number of nitrogens with zero attached hydrogens (tertiary/aromatic N) is 1. The zero-order valence-electron chi connectivity index (χ0n) is 10.2. The quantitative estimate of drug-likeness (QED) is 0.698. The van der Waals surface area contributed by atoms with Crippen LogP contribution < -0.4 is 5.32 Å². The van der Waals surface area contributed by atoms with Crippen molar-refractivity contribution in [2.24, 2.45) is 0 Å². The Labute approximate surface area is 101 Å². The number of hydrogen-bond acceptors (Lipinski definition) is 4. The molecular weight excluding hydrogens is 220 g/mol. The van der Waals surface area contributed by atoms with Gasteiger partial charge in [-0.2, -0.15) is 0 Å². The first-order chi connectivity index (χ1) is 8.26. The molecule has 0 aliphatic rings. The second-order valence-electron chi connectivity index (χ2n) is 3.80. The van der Waals surface area contributed by atoms with Gasteiger partial charge in [-0.3, -0.25) is 9.69 Å². The fraction of sp³-hybridized carbons (Fsp3) is 0.583. The average Bonchev–Trinajstić information content (AvgIpc) is 2.85. The SMILES string of the molecule is CCN(CCCO)CC(=O)NCc1ccco1. The Kier molecular flexibility index (Phi) is 6.35. The number of rotatable bonds is 8. The van der Waals surface area contributed by atoms with Crippen molar-refractivity contribution < 1.29 is 14.3 Å². The molecule has 0 saturated heterocycles. The third kappa shape index (κ3) is 5.51.